The third-order valence-corrected chi connectivity index (χ3v) is 1.84. The fraction of sp³-hybridized carbons (Fsp3) is 0.300. The van der Waals surface area contributed by atoms with Gasteiger partial charge in [0.2, 0.25) is 0 Å². The second-order valence-corrected chi connectivity index (χ2v) is 2.63. The summed E-state index contributed by atoms with van der Waals surface area (Å²) in [5.41, 5.74) is 1.42. The second-order valence-electron chi connectivity index (χ2n) is 2.63. The summed E-state index contributed by atoms with van der Waals surface area (Å²) in [6.07, 6.45) is 0. The molecule has 0 heterocycles. The molecule has 1 rings (SSSR count). The topological polar surface area (TPSA) is 42.2 Å². The highest BCUT2D eigenvalue weighted by Crippen LogP contribution is 2.27. The smallest absolute Gasteiger partial charge is 0.140 e. The van der Waals surface area contributed by atoms with Crippen molar-refractivity contribution in [2.24, 2.45) is 0 Å². The van der Waals surface area contributed by atoms with Gasteiger partial charge in [0.15, 0.2) is 0 Å². The molecule has 0 amide bonds. The van der Waals surface area contributed by atoms with Crippen molar-refractivity contribution in [2.45, 2.75) is 6.92 Å². The molecule has 3 heteroatoms. The SMILES string of the molecule is COc1cc(C)c(C#N)c(OC)c1. The van der Waals surface area contributed by atoms with Gasteiger partial charge in [0, 0.05) is 6.07 Å². The number of aryl methyl sites for hydroxylation is 1. The highest BCUT2D eigenvalue weighted by molar-refractivity contribution is 5.52. The van der Waals surface area contributed by atoms with E-state index in [0.29, 0.717) is 17.1 Å². The second kappa shape index (κ2) is 3.81. The number of nitrogens with zero attached hydrogens (tertiary/aromatic N) is 1. The van der Waals surface area contributed by atoms with E-state index in [0.717, 1.165) is 5.56 Å². The monoisotopic (exact) mass is 177 g/mol. The van der Waals surface area contributed by atoms with Crippen LogP contribution in [0.2, 0.25) is 0 Å². The van der Waals surface area contributed by atoms with E-state index in [2.05, 4.69) is 6.07 Å². The van der Waals surface area contributed by atoms with Crippen LogP contribution in [-0.4, -0.2) is 14.2 Å². The first-order valence-electron chi connectivity index (χ1n) is 3.85. The van der Waals surface area contributed by atoms with E-state index in [1.165, 1.54) is 7.11 Å². The van der Waals surface area contributed by atoms with E-state index in [1.54, 1.807) is 19.2 Å². The number of nitriles is 1. The molecule has 0 bridgehead atoms. The van der Waals surface area contributed by atoms with Crippen LogP contribution in [-0.2, 0) is 0 Å². The third-order valence-electron chi connectivity index (χ3n) is 1.84. The number of benzene rings is 1. The summed E-state index contributed by atoms with van der Waals surface area (Å²) in [4.78, 5) is 0. The van der Waals surface area contributed by atoms with Gasteiger partial charge in [0.1, 0.15) is 17.6 Å². The standard InChI is InChI=1S/C10H11NO2/c1-7-4-8(12-2)5-10(13-3)9(7)6-11/h4-5H,1-3H3. The Morgan fingerprint density at radius 3 is 2.38 bits per heavy atom. The summed E-state index contributed by atoms with van der Waals surface area (Å²) in [5.74, 6) is 1.26. The molecular formula is C10H11NO2. The maximum Gasteiger partial charge on any atom is 0.140 e. The lowest BCUT2D eigenvalue weighted by molar-refractivity contribution is 0.393. The van der Waals surface area contributed by atoms with Crippen molar-refractivity contribution in [3.05, 3.63) is 23.3 Å². The van der Waals surface area contributed by atoms with Crippen molar-refractivity contribution < 1.29 is 9.47 Å². The number of hydrogen-bond acceptors (Lipinski definition) is 3. The van der Waals surface area contributed by atoms with Crippen LogP contribution >= 0.6 is 0 Å². The Morgan fingerprint density at radius 1 is 1.23 bits per heavy atom. The van der Waals surface area contributed by atoms with Crippen LogP contribution in [0.1, 0.15) is 11.1 Å². The number of methoxy groups -OCH3 is 2. The van der Waals surface area contributed by atoms with Crippen molar-refractivity contribution in [1.82, 2.24) is 0 Å². The lowest BCUT2D eigenvalue weighted by atomic mass is 10.1. The van der Waals surface area contributed by atoms with Gasteiger partial charge in [-0.3, -0.25) is 0 Å². The van der Waals surface area contributed by atoms with Crippen LogP contribution in [0.5, 0.6) is 11.5 Å². The quantitative estimate of drug-likeness (QED) is 0.692. The van der Waals surface area contributed by atoms with E-state index in [9.17, 15) is 0 Å². The summed E-state index contributed by atoms with van der Waals surface area (Å²) >= 11 is 0. The van der Waals surface area contributed by atoms with Gasteiger partial charge in [-0.25, -0.2) is 0 Å². The van der Waals surface area contributed by atoms with Gasteiger partial charge in [0.25, 0.3) is 0 Å². The molecule has 0 N–H and O–H groups in total. The van der Waals surface area contributed by atoms with Crippen molar-refractivity contribution in [1.29, 1.82) is 5.26 Å². The highest BCUT2D eigenvalue weighted by atomic mass is 16.5. The number of ether oxygens (including phenoxy) is 2. The Morgan fingerprint density at radius 2 is 1.92 bits per heavy atom. The number of hydrogen-bond donors (Lipinski definition) is 0. The van der Waals surface area contributed by atoms with Crippen LogP contribution in [0.3, 0.4) is 0 Å². The largest absolute Gasteiger partial charge is 0.497 e. The molecule has 0 saturated heterocycles. The Labute approximate surface area is 77.5 Å². The van der Waals surface area contributed by atoms with E-state index in [-0.39, 0.29) is 0 Å². The minimum absolute atomic E-state index is 0.555. The van der Waals surface area contributed by atoms with E-state index < -0.39 is 0 Å². The predicted octanol–water partition coefficient (Wildman–Crippen LogP) is 1.88. The molecule has 0 aliphatic carbocycles. The van der Waals surface area contributed by atoms with Gasteiger partial charge in [0.05, 0.1) is 19.8 Å². The lowest BCUT2D eigenvalue weighted by Crippen LogP contribution is -1.93. The van der Waals surface area contributed by atoms with Crippen molar-refractivity contribution in [3.8, 4) is 17.6 Å². The molecule has 0 saturated carbocycles. The van der Waals surface area contributed by atoms with Crippen LogP contribution in [0.4, 0.5) is 0 Å². The van der Waals surface area contributed by atoms with Gasteiger partial charge in [-0.2, -0.15) is 5.26 Å². The van der Waals surface area contributed by atoms with Gasteiger partial charge >= 0.3 is 0 Å². The van der Waals surface area contributed by atoms with Crippen LogP contribution in [0.25, 0.3) is 0 Å². The van der Waals surface area contributed by atoms with Crippen molar-refractivity contribution >= 4 is 0 Å². The molecule has 0 atom stereocenters. The van der Waals surface area contributed by atoms with E-state index in [4.69, 9.17) is 14.7 Å². The zero-order valence-corrected chi connectivity index (χ0v) is 7.92. The molecule has 0 radical (unpaired) electrons. The third kappa shape index (κ3) is 1.73. The van der Waals surface area contributed by atoms with Gasteiger partial charge in [-0.15, -0.1) is 0 Å². The average Bonchev–Trinajstić information content (AvgIpc) is 2.16. The summed E-state index contributed by atoms with van der Waals surface area (Å²) in [6, 6.07) is 5.59. The normalized spacial score (nSPS) is 9.08. The Hall–Kier alpha value is -1.69. The first-order valence-corrected chi connectivity index (χ1v) is 3.85. The zero-order valence-electron chi connectivity index (χ0n) is 7.92. The maximum atomic E-state index is 8.82. The minimum Gasteiger partial charge on any atom is -0.497 e. The summed E-state index contributed by atoms with van der Waals surface area (Å²) in [6.45, 7) is 1.85. The van der Waals surface area contributed by atoms with E-state index >= 15 is 0 Å². The van der Waals surface area contributed by atoms with Gasteiger partial charge in [-0.05, 0) is 18.6 Å². The van der Waals surface area contributed by atoms with Crippen LogP contribution < -0.4 is 9.47 Å². The number of rotatable bonds is 2. The van der Waals surface area contributed by atoms with Crippen LogP contribution in [0.15, 0.2) is 12.1 Å². The summed E-state index contributed by atoms with van der Waals surface area (Å²) in [5, 5.41) is 8.82. The Kier molecular flexibility index (Phi) is 2.76. The maximum absolute atomic E-state index is 8.82. The molecule has 0 aliphatic heterocycles. The average molecular weight is 177 g/mol. The van der Waals surface area contributed by atoms with Crippen LogP contribution in [0, 0.1) is 18.3 Å². The van der Waals surface area contributed by atoms with Gasteiger partial charge < -0.3 is 9.47 Å². The molecule has 0 fully saturated rings. The minimum atomic E-state index is 0.555. The van der Waals surface area contributed by atoms with E-state index in [1.807, 2.05) is 6.92 Å². The highest BCUT2D eigenvalue weighted by Gasteiger charge is 2.07. The molecule has 13 heavy (non-hydrogen) atoms. The molecule has 1 aromatic carbocycles. The molecular weight excluding hydrogens is 166 g/mol. The van der Waals surface area contributed by atoms with Crippen molar-refractivity contribution in [2.75, 3.05) is 14.2 Å². The Bertz CT molecular complexity index is 353. The molecule has 3 nitrogen and oxygen atoms in total. The first-order chi connectivity index (χ1) is 6.22. The molecule has 68 valence electrons. The van der Waals surface area contributed by atoms with Crippen molar-refractivity contribution in [3.63, 3.8) is 0 Å². The Balaban J connectivity index is 3.31. The fourth-order valence-electron chi connectivity index (χ4n) is 1.15. The lowest BCUT2D eigenvalue weighted by Gasteiger charge is -2.07. The predicted molar refractivity (Wildman–Crippen MR) is 49.0 cm³/mol. The fourth-order valence-corrected chi connectivity index (χ4v) is 1.15. The summed E-state index contributed by atoms with van der Waals surface area (Å²) < 4.78 is 10.1. The summed E-state index contributed by atoms with van der Waals surface area (Å²) in [7, 11) is 3.12. The molecule has 0 aromatic heterocycles. The zero-order chi connectivity index (χ0) is 9.84. The molecule has 0 spiro atoms. The molecule has 0 unspecified atom stereocenters. The van der Waals surface area contributed by atoms with Gasteiger partial charge in [-0.1, -0.05) is 0 Å². The molecule has 1 aromatic rings. The molecule has 0 aliphatic rings. The first kappa shape index (κ1) is 9.40.